The molecular weight excluding hydrogens is 270 g/mol. The molecule has 0 unspecified atom stereocenters. The van der Waals surface area contributed by atoms with Crippen LogP contribution >= 0.6 is 11.8 Å². The van der Waals surface area contributed by atoms with Crippen LogP contribution in [0.3, 0.4) is 0 Å². The zero-order chi connectivity index (χ0) is 14.4. The zero-order valence-electron chi connectivity index (χ0n) is 11.8. The molecule has 0 atom stereocenters. The standard InChI is InChI=1S/C15H19N3OS/c1-3-7-16-10-12-4-5-13(9-11(12)2)20-15-17-8-6-14(19)18-15/h4-6,8-9,16H,3,7,10H2,1-2H3,(H,17,18,19). The van der Waals surface area contributed by atoms with E-state index >= 15 is 0 Å². The second kappa shape index (κ2) is 7.26. The van der Waals surface area contributed by atoms with Crippen LogP contribution in [0, 0.1) is 6.92 Å². The van der Waals surface area contributed by atoms with E-state index in [1.165, 1.54) is 35.2 Å². The van der Waals surface area contributed by atoms with Crippen LogP contribution in [0.5, 0.6) is 0 Å². The highest BCUT2D eigenvalue weighted by Crippen LogP contribution is 2.25. The molecule has 0 bridgehead atoms. The van der Waals surface area contributed by atoms with Crippen LogP contribution in [-0.4, -0.2) is 16.5 Å². The van der Waals surface area contributed by atoms with E-state index in [4.69, 9.17) is 0 Å². The lowest BCUT2D eigenvalue weighted by molar-refractivity contribution is 0.673. The lowest BCUT2D eigenvalue weighted by Crippen LogP contribution is -2.14. The molecule has 5 heteroatoms. The van der Waals surface area contributed by atoms with Gasteiger partial charge in [0.05, 0.1) is 0 Å². The van der Waals surface area contributed by atoms with Crippen LogP contribution in [0.4, 0.5) is 0 Å². The number of nitrogens with zero attached hydrogens (tertiary/aromatic N) is 1. The fraction of sp³-hybridized carbons (Fsp3) is 0.333. The molecule has 0 amide bonds. The largest absolute Gasteiger partial charge is 0.313 e. The summed E-state index contributed by atoms with van der Waals surface area (Å²) in [5.41, 5.74) is 2.42. The number of hydrogen-bond donors (Lipinski definition) is 2. The molecule has 0 radical (unpaired) electrons. The van der Waals surface area contributed by atoms with Gasteiger partial charge in [-0.05, 0) is 43.1 Å². The van der Waals surface area contributed by atoms with E-state index in [9.17, 15) is 4.79 Å². The highest BCUT2D eigenvalue weighted by Gasteiger charge is 2.03. The summed E-state index contributed by atoms with van der Waals surface area (Å²) >= 11 is 1.47. The Hall–Kier alpha value is -1.59. The van der Waals surface area contributed by atoms with Gasteiger partial charge < -0.3 is 10.3 Å². The van der Waals surface area contributed by atoms with Crippen molar-refractivity contribution < 1.29 is 0 Å². The maximum Gasteiger partial charge on any atom is 0.251 e. The monoisotopic (exact) mass is 289 g/mol. The first-order chi connectivity index (χ1) is 9.69. The summed E-state index contributed by atoms with van der Waals surface area (Å²) in [4.78, 5) is 19.2. The predicted molar refractivity (Wildman–Crippen MR) is 82.2 cm³/mol. The molecule has 106 valence electrons. The maximum atomic E-state index is 11.2. The minimum absolute atomic E-state index is 0.125. The molecular formula is C15H19N3OS. The van der Waals surface area contributed by atoms with E-state index in [0.717, 1.165) is 24.4 Å². The SMILES string of the molecule is CCCNCc1ccc(Sc2nccc(=O)[nH]2)cc1C. The molecule has 0 saturated carbocycles. The smallest absolute Gasteiger partial charge is 0.251 e. The number of nitrogens with one attached hydrogen (secondary N) is 2. The number of aromatic nitrogens is 2. The Labute approximate surface area is 123 Å². The fourth-order valence-corrected chi connectivity index (χ4v) is 2.71. The van der Waals surface area contributed by atoms with Gasteiger partial charge in [0.25, 0.3) is 5.56 Å². The third-order valence-electron chi connectivity index (χ3n) is 2.92. The Bertz CT molecular complexity index is 625. The van der Waals surface area contributed by atoms with Crippen molar-refractivity contribution in [2.45, 2.75) is 36.9 Å². The van der Waals surface area contributed by atoms with Crippen molar-refractivity contribution in [3.63, 3.8) is 0 Å². The summed E-state index contributed by atoms with van der Waals surface area (Å²) < 4.78 is 0. The average molecular weight is 289 g/mol. The first-order valence-electron chi connectivity index (χ1n) is 6.72. The quantitative estimate of drug-likeness (QED) is 0.634. The third-order valence-corrected chi connectivity index (χ3v) is 3.81. The minimum Gasteiger partial charge on any atom is -0.313 e. The van der Waals surface area contributed by atoms with Crippen molar-refractivity contribution >= 4 is 11.8 Å². The molecule has 1 heterocycles. The second-order valence-corrected chi connectivity index (χ2v) is 5.67. The van der Waals surface area contributed by atoms with Gasteiger partial charge in [-0.2, -0.15) is 0 Å². The molecule has 2 rings (SSSR count). The minimum atomic E-state index is -0.125. The Morgan fingerprint density at radius 2 is 2.20 bits per heavy atom. The number of aryl methyl sites for hydroxylation is 1. The van der Waals surface area contributed by atoms with E-state index in [-0.39, 0.29) is 5.56 Å². The summed E-state index contributed by atoms with van der Waals surface area (Å²) in [5, 5.41) is 4.02. The van der Waals surface area contributed by atoms with Crippen LogP contribution in [0.25, 0.3) is 0 Å². The summed E-state index contributed by atoms with van der Waals surface area (Å²) in [7, 11) is 0. The first-order valence-corrected chi connectivity index (χ1v) is 7.54. The molecule has 0 fully saturated rings. The van der Waals surface area contributed by atoms with Crippen LogP contribution < -0.4 is 10.9 Å². The molecule has 20 heavy (non-hydrogen) atoms. The van der Waals surface area contributed by atoms with Crippen LogP contribution in [0.15, 0.2) is 45.3 Å². The molecule has 2 aromatic rings. The number of rotatable bonds is 6. The Morgan fingerprint density at radius 1 is 1.35 bits per heavy atom. The van der Waals surface area contributed by atoms with Gasteiger partial charge in [0.15, 0.2) is 5.16 Å². The molecule has 4 nitrogen and oxygen atoms in total. The van der Waals surface area contributed by atoms with Gasteiger partial charge in [-0.1, -0.05) is 24.8 Å². The van der Waals surface area contributed by atoms with Gasteiger partial charge >= 0.3 is 0 Å². The van der Waals surface area contributed by atoms with Gasteiger partial charge in [-0.25, -0.2) is 4.98 Å². The van der Waals surface area contributed by atoms with E-state index < -0.39 is 0 Å². The van der Waals surface area contributed by atoms with E-state index in [2.05, 4.69) is 47.3 Å². The van der Waals surface area contributed by atoms with Crippen molar-refractivity contribution in [1.82, 2.24) is 15.3 Å². The van der Waals surface area contributed by atoms with Crippen molar-refractivity contribution in [1.29, 1.82) is 0 Å². The topological polar surface area (TPSA) is 57.8 Å². The van der Waals surface area contributed by atoms with E-state index in [1.54, 1.807) is 0 Å². The number of aromatic amines is 1. The number of benzene rings is 1. The van der Waals surface area contributed by atoms with Gasteiger partial charge in [0, 0.05) is 23.7 Å². The molecule has 1 aromatic carbocycles. The zero-order valence-corrected chi connectivity index (χ0v) is 12.6. The van der Waals surface area contributed by atoms with Gasteiger partial charge in [-0.3, -0.25) is 4.79 Å². The number of hydrogen-bond acceptors (Lipinski definition) is 4. The summed E-state index contributed by atoms with van der Waals surface area (Å²) in [6.45, 7) is 6.19. The summed E-state index contributed by atoms with van der Waals surface area (Å²) in [5.74, 6) is 0. The van der Waals surface area contributed by atoms with Crippen molar-refractivity contribution in [3.8, 4) is 0 Å². The van der Waals surface area contributed by atoms with Crippen LogP contribution in [-0.2, 0) is 6.54 Å². The highest BCUT2D eigenvalue weighted by atomic mass is 32.2. The Morgan fingerprint density at radius 3 is 2.90 bits per heavy atom. The van der Waals surface area contributed by atoms with Crippen molar-refractivity contribution in [2.24, 2.45) is 0 Å². The van der Waals surface area contributed by atoms with Gasteiger partial charge in [-0.15, -0.1) is 0 Å². The van der Waals surface area contributed by atoms with Crippen molar-refractivity contribution in [3.05, 3.63) is 51.9 Å². The third kappa shape index (κ3) is 4.21. The summed E-state index contributed by atoms with van der Waals surface area (Å²) in [6, 6.07) is 7.73. The van der Waals surface area contributed by atoms with Crippen molar-refractivity contribution in [2.75, 3.05) is 6.54 Å². The molecule has 1 aromatic heterocycles. The van der Waals surface area contributed by atoms with Gasteiger partial charge in [0.2, 0.25) is 0 Å². The molecule has 0 spiro atoms. The van der Waals surface area contributed by atoms with Gasteiger partial charge in [0.1, 0.15) is 0 Å². The molecule has 0 aliphatic carbocycles. The highest BCUT2D eigenvalue weighted by molar-refractivity contribution is 7.99. The molecule has 0 saturated heterocycles. The van der Waals surface area contributed by atoms with Crippen LogP contribution in [0.2, 0.25) is 0 Å². The molecule has 0 aliphatic rings. The Kier molecular flexibility index (Phi) is 5.38. The molecule has 0 aliphatic heterocycles. The fourth-order valence-electron chi connectivity index (χ4n) is 1.85. The number of H-pyrrole nitrogens is 1. The van der Waals surface area contributed by atoms with E-state index in [1.807, 2.05) is 0 Å². The first kappa shape index (κ1) is 14.8. The average Bonchev–Trinajstić information content (AvgIpc) is 2.41. The molecule has 2 N–H and O–H groups in total. The lowest BCUT2D eigenvalue weighted by atomic mass is 10.1. The Balaban J connectivity index is 2.07. The maximum absolute atomic E-state index is 11.2. The second-order valence-electron chi connectivity index (χ2n) is 4.61. The predicted octanol–water partition coefficient (Wildman–Crippen LogP) is 2.73. The van der Waals surface area contributed by atoms with Crippen LogP contribution in [0.1, 0.15) is 24.5 Å². The van der Waals surface area contributed by atoms with E-state index in [0.29, 0.717) is 5.16 Å². The summed E-state index contributed by atoms with van der Waals surface area (Å²) in [6.07, 6.45) is 2.66. The lowest BCUT2D eigenvalue weighted by Gasteiger charge is -2.09. The normalized spacial score (nSPS) is 10.7.